The molecule has 1 rings (SSSR count). The lowest BCUT2D eigenvalue weighted by molar-refractivity contribution is 1.12. The number of aryl methyl sites for hydroxylation is 3. The van der Waals surface area contributed by atoms with Crippen molar-refractivity contribution in [3.8, 4) is 0 Å². The Balaban J connectivity index is 0.000000424. The summed E-state index contributed by atoms with van der Waals surface area (Å²) in [6.45, 7) is 8.47. The zero-order valence-corrected chi connectivity index (χ0v) is 9.99. The van der Waals surface area contributed by atoms with Crippen LogP contribution in [-0.4, -0.2) is 5.75 Å². The molecule has 0 saturated heterocycles. The maximum absolute atomic E-state index is 3.79. The Morgan fingerprint density at radius 2 is 1.38 bits per heavy atom. The molecule has 0 heterocycles. The first-order valence-corrected chi connectivity index (χ1v) is 5.45. The fraction of sp³-hybridized carbons (Fsp3) is 0.500. The van der Waals surface area contributed by atoms with Crippen LogP contribution in [0.4, 0.5) is 0 Å². The van der Waals surface area contributed by atoms with E-state index in [4.69, 9.17) is 0 Å². The van der Waals surface area contributed by atoms with E-state index in [9.17, 15) is 0 Å². The average Bonchev–Trinajstić information content (AvgIpc) is 2.04. The summed E-state index contributed by atoms with van der Waals surface area (Å²) in [6.07, 6.45) is 1.14. The van der Waals surface area contributed by atoms with Gasteiger partial charge in [-0.05, 0) is 31.6 Å². The van der Waals surface area contributed by atoms with Gasteiger partial charge in [-0.1, -0.05) is 43.2 Å². The summed E-state index contributed by atoms with van der Waals surface area (Å²) >= 11 is 3.79. The van der Waals surface area contributed by atoms with Gasteiger partial charge in [0, 0.05) is 0 Å². The molecule has 0 unspecified atom stereocenters. The normalized spacial score (nSPS) is 9.00. The molecule has 0 nitrogen and oxygen atoms in total. The predicted molar refractivity (Wildman–Crippen MR) is 64.8 cm³/mol. The van der Waals surface area contributed by atoms with Crippen molar-refractivity contribution >= 4 is 12.6 Å². The maximum Gasteiger partial charge on any atom is -0.0126 e. The monoisotopic (exact) mass is 196 g/mol. The number of rotatable bonds is 1. The van der Waals surface area contributed by atoms with Gasteiger partial charge in [-0.25, -0.2) is 0 Å². The van der Waals surface area contributed by atoms with E-state index in [2.05, 4.69) is 51.6 Å². The highest BCUT2D eigenvalue weighted by Crippen LogP contribution is 2.08. The molecule has 0 aliphatic carbocycles. The SMILES string of the molecule is CCS.CCc1cc(C)cc(C)c1. The minimum absolute atomic E-state index is 0.944. The van der Waals surface area contributed by atoms with Gasteiger partial charge >= 0.3 is 0 Å². The summed E-state index contributed by atoms with van der Waals surface area (Å²) in [5.41, 5.74) is 4.19. The molecule has 0 spiro atoms. The molecule has 1 aromatic rings. The van der Waals surface area contributed by atoms with Gasteiger partial charge in [-0.15, -0.1) is 0 Å². The smallest absolute Gasteiger partial charge is 0.0126 e. The highest BCUT2D eigenvalue weighted by Gasteiger charge is 1.91. The fourth-order valence-corrected chi connectivity index (χ4v) is 1.27. The highest BCUT2D eigenvalue weighted by atomic mass is 32.1. The summed E-state index contributed by atoms with van der Waals surface area (Å²) < 4.78 is 0. The Kier molecular flexibility index (Phi) is 6.79. The zero-order chi connectivity index (χ0) is 10.3. The van der Waals surface area contributed by atoms with E-state index in [0.29, 0.717) is 0 Å². The number of hydrogen-bond donors (Lipinski definition) is 1. The molecule has 1 heteroatoms. The van der Waals surface area contributed by atoms with E-state index in [1.54, 1.807) is 0 Å². The van der Waals surface area contributed by atoms with Gasteiger partial charge in [0.2, 0.25) is 0 Å². The van der Waals surface area contributed by atoms with E-state index in [1.165, 1.54) is 16.7 Å². The van der Waals surface area contributed by atoms with Gasteiger partial charge in [0.1, 0.15) is 0 Å². The van der Waals surface area contributed by atoms with Crippen LogP contribution in [0.15, 0.2) is 18.2 Å². The largest absolute Gasteiger partial charge is 0.180 e. The minimum atomic E-state index is 0.944. The topological polar surface area (TPSA) is 0 Å². The number of hydrogen-bond acceptors (Lipinski definition) is 1. The number of benzene rings is 1. The third-order valence-electron chi connectivity index (χ3n) is 1.69. The summed E-state index contributed by atoms with van der Waals surface area (Å²) in [6, 6.07) is 6.69. The van der Waals surface area contributed by atoms with Crippen molar-refractivity contribution in [3.63, 3.8) is 0 Å². The third-order valence-corrected chi connectivity index (χ3v) is 1.69. The minimum Gasteiger partial charge on any atom is -0.180 e. The van der Waals surface area contributed by atoms with Crippen molar-refractivity contribution < 1.29 is 0 Å². The molecule has 74 valence electrons. The Morgan fingerprint density at radius 1 is 1.00 bits per heavy atom. The fourth-order valence-electron chi connectivity index (χ4n) is 1.27. The molecule has 0 bridgehead atoms. The molecule has 1 aromatic carbocycles. The van der Waals surface area contributed by atoms with Crippen LogP contribution in [0.5, 0.6) is 0 Å². The second-order valence-corrected chi connectivity index (χ2v) is 3.80. The van der Waals surface area contributed by atoms with Crippen molar-refractivity contribution in [2.45, 2.75) is 34.1 Å². The highest BCUT2D eigenvalue weighted by molar-refractivity contribution is 7.80. The van der Waals surface area contributed by atoms with Gasteiger partial charge in [0.15, 0.2) is 0 Å². The lowest BCUT2D eigenvalue weighted by atomic mass is 10.1. The standard InChI is InChI=1S/C10H14.C2H6S/c1-4-10-6-8(2)5-9(3)7-10;1-2-3/h5-7H,4H2,1-3H3;3H,2H2,1H3. The summed E-state index contributed by atoms with van der Waals surface area (Å²) in [7, 11) is 0. The van der Waals surface area contributed by atoms with Crippen molar-refractivity contribution in [2.24, 2.45) is 0 Å². The van der Waals surface area contributed by atoms with Crippen LogP contribution in [-0.2, 0) is 6.42 Å². The summed E-state index contributed by atoms with van der Waals surface area (Å²) in [5, 5.41) is 0. The second-order valence-electron chi connectivity index (χ2n) is 3.17. The van der Waals surface area contributed by atoms with E-state index < -0.39 is 0 Å². The van der Waals surface area contributed by atoms with Crippen LogP contribution in [0.25, 0.3) is 0 Å². The van der Waals surface area contributed by atoms with E-state index in [0.717, 1.165) is 12.2 Å². The summed E-state index contributed by atoms with van der Waals surface area (Å²) in [4.78, 5) is 0. The molecule has 0 saturated carbocycles. The van der Waals surface area contributed by atoms with Crippen molar-refractivity contribution in [2.75, 3.05) is 5.75 Å². The van der Waals surface area contributed by atoms with Crippen LogP contribution in [0.2, 0.25) is 0 Å². The molecule has 0 fully saturated rings. The van der Waals surface area contributed by atoms with Crippen LogP contribution in [0, 0.1) is 13.8 Å². The molecule has 0 amide bonds. The molecule has 0 atom stereocenters. The van der Waals surface area contributed by atoms with Crippen LogP contribution < -0.4 is 0 Å². The molecular formula is C12H20S. The first kappa shape index (κ1) is 12.6. The van der Waals surface area contributed by atoms with Crippen molar-refractivity contribution in [1.29, 1.82) is 0 Å². The Labute approximate surface area is 87.8 Å². The maximum atomic E-state index is 3.79. The van der Waals surface area contributed by atoms with Crippen molar-refractivity contribution in [1.82, 2.24) is 0 Å². The molecule has 0 aromatic heterocycles. The Hall–Kier alpha value is -0.430. The predicted octanol–water partition coefficient (Wildman–Crippen LogP) is 3.80. The third kappa shape index (κ3) is 5.75. The van der Waals surface area contributed by atoms with Gasteiger partial charge in [0.05, 0.1) is 0 Å². The molecule has 0 N–H and O–H groups in total. The second kappa shape index (κ2) is 7.02. The van der Waals surface area contributed by atoms with Crippen LogP contribution >= 0.6 is 12.6 Å². The quantitative estimate of drug-likeness (QED) is 0.649. The van der Waals surface area contributed by atoms with E-state index >= 15 is 0 Å². The van der Waals surface area contributed by atoms with Crippen LogP contribution in [0.3, 0.4) is 0 Å². The van der Waals surface area contributed by atoms with Gasteiger partial charge < -0.3 is 0 Å². The summed E-state index contributed by atoms with van der Waals surface area (Å²) in [5.74, 6) is 0.944. The molecule has 0 aliphatic rings. The molecule has 13 heavy (non-hydrogen) atoms. The Morgan fingerprint density at radius 3 is 1.69 bits per heavy atom. The van der Waals surface area contributed by atoms with Gasteiger partial charge in [0.25, 0.3) is 0 Å². The molecule has 0 radical (unpaired) electrons. The van der Waals surface area contributed by atoms with Gasteiger partial charge in [-0.3, -0.25) is 0 Å². The lowest BCUT2D eigenvalue weighted by Gasteiger charge is -2.00. The van der Waals surface area contributed by atoms with E-state index in [1.807, 2.05) is 6.92 Å². The first-order chi connectivity index (χ1) is 6.13. The van der Waals surface area contributed by atoms with E-state index in [-0.39, 0.29) is 0 Å². The van der Waals surface area contributed by atoms with Crippen LogP contribution in [0.1, 0.15) is 30.5 Å². The lowest BCUT2D eigenvalue weighted by Crippen LogP contribution is -1.83. The number of thiol groups is 1. The molecular weight excluding hydrogens is 176 g/mol. The first-order valence-electron chi connectivity index (χ1n) is 4.82. The Bertz CT molecular complexity index is 221. The van der Waals surface area contributed by atoms with Crippen molar-refractivity contribution in [3.05, 3.63) is 34.9 Å². The average molecular weight is 196 g/mol. The zero-order valence-electron chi connectivity index (χ0n) is 9.09. The van der Waals surface area contributed by atoms with Gasteiger partial charge in [-0.2, -0.15) is 12.6 Å². The molecule has 0 aliphatic heterocycles.